The van der Waals surface area contributed by atoms with Crippen LogP contribution in [-0.4, -0.2) is 40.1 Å². The highest BCUT2D eigenvalue weighted by atomic mass is 16.5. The second kappa shape index (κ2) is 15.7. The van der Waals surface area contributed by atoms with Gasteiger partial charge in [0, 0.05) is 13.0 Å². The third-order valence-electron chi connectivity index (χ3n) is 10.5. The number of hydrogen-bond donors (Lipinski definition) is 0. The van der Waals surface area contributed by atoms with Crippen molar-refractivity contribution >= 4 is 11.9 Å². The Balaban J connectivity index is 1.35. The van der Waals surface area contributed by atoms with Crippen LogP contribution in [0.1, 0.15) is 96.0 Å². The molecule has 246 valence electrons. The summed E-state index contributed by atoms with van der Waals surface area (Å²) in [6, 6.07) is 0. The quantitative estimate of drug-likeness (QED) is 0.105. The maximum Gasteiger partial charge on any atom is 0.360 e. The lowest BCUT2D eigenvalue weighted by Crippen LogP contribution is -2.34. The molecule has 0 N–H and O–H groups in total. The van der Waals surface area contributed by atoms with E-state index < -0.39 is 5.97 Å². The number of carbonyl (C=O) groups excluding carboxylic acids is 2. The molecule has 6 atom stereocenters. The van der Waals surface area contributed by atoms with Crippen LogP contribution in [0.3, 0.4) is 0 Å². The van der Waals surface area contributed by atoms with Crippen molar-refractivity contribution in [2.75, 3.05) is 13.2 Å². The van der Waals surface area contributed by atoms with Crippen LogP contribution in [0.15, 0.2) is 80.1 Å². The first-order chi connectivity index (χ1) is 21.2. The molecule has 3 rings (SSSR count). The van der Waals surface area contributed by atoms with Crippen LogP contribution >= 0.6 is 0 Å². The fourth-order valence-corrected chi connectivity index (χ4v) is 7.18. The molecule has 0 saturated heterocycles. The number of aromatic nitrogens is 3. The van der Waals surface area contributed by atoms with Gasteiger partial charge in [-0.1, -0.05) is 68.7 Å². The molecule has 0 aromatic carbocycles. The van der Waals surface area contributed by atoms with Crippen molar-refractivity contribution in [1.82, 2.24) is 15.0 Å². The third-order valence-corrected chi connectivity index (χ3v) is 10.5. The highest BCUT2D eigenvalue weighted by Gasteiger charge is 2.40. The number of rotatable bonds is 16. The maximum atomic E-state index is 12.6. The first kappa shape index (κ1) is 36.0. The second-order valence-corrected chi connectivity index (χ2v) is 14.0. The number of nitrogens with zero attached hydrogens (tertiary/aromatic N) is 3. The monoisotopic (exact) mass is 617 g/mol. The predicted octanol–water partition coefficient (Wildman–Crippen LogP) is 8.63. The summed E-state index contributed by atoms with van der Waals surface area (Å²) in [6.07, 6.45) is 13.2. The molecule has 1 aromatic rings. The van der Waals surface area contributed by atoms with Crippen molar-refractivity contribution in [2.45, 2.75) is 92.0 Å². The minimum absolute atomic E-state index is 0.0337. The number of ether oxygens (including phenoxy) is 2. The Bertz CT molecular complexity index is 1310. The lowest BCUT2D eigenvalue weighted by molar-refractivity contribution is -0.143. The van der Waals surface area contributed by atoms with Gasteiger partial charge >= 0.3 is 11.9 Å². The smallest absolute Gasteiger partial charge is 0.360 e. The summed E-state index contributed by atoms with van der Waals surface area (Å²) < 4.78 is 12.7. The molecular weight excluding hydrogens is 562 g/mol. The van der Waals surface area contributed by atoms with Crippen molar-refractivity contribution in [3.8, 4) is 0 Å². The normalized spacial score (nSPS) is 28.0. The van der Waals surface area contributed by atoms with Gasteiger partial charge in [0.25, 0.3) is 0 Å². The van der Waals surface area contributed by atoms with Crippen LogP contribution in [0.2, 0.25) is 0 Å². The molecule has 1 aromatic heterocycles. The van der Waals surface area contributed by atoms with E-state index in [1.54, 1.807) is 10.9 Å². The van der Waals surface area contributed by atoms with Gasteiger partial charge in [0.1, 0.15) is 13.2 Å². The van der Waals surface area contributed by atoms with E-state index in [1.165, 1.54) is 0 Å². The number of hydrogen-bond acceptors (Lipinski definition) is 6. The van der Waals surface area contributed by atoms with E-state index in [-0.39, 0.29) is 41.6 Å². The molecule has 2 aliphatic carbocycles. The molecule has 1 heterocycles. The Kier molecular flexibility index (Phi) is 12.5. The molecular formula is C38H55N3O4. The van der Waals surface area contributed by atoms with Crippen molar-refractivity contribution < 1.29 is 19.1 Å². The van der Waals surface area contributed by atoms with Crippen molar-refractivity contribution in [1.29, 1.82) is 0 Å². The molecule has 0 spiro atoms. The number of aryl methyl sites for hydroxylation is 1. The second-order valence-electron chi connectivity index (χ2n) is 14.0. The summed E-state index contributed by atoms with van der Waals surface area (Å²) in [5, 5.41) is 8.04. The SMILES string of the molecule is C=C[C@]1(C)CC[C@@H](C(=C)COC(=O)CCCCn2cc(C(=O)OCC(=C)[C@@H]3CC[C@@](C)(C=C)[C@H](C(=C)C)C3)nn2)C[C@H]1C(=C)C. The summed E-state index contributed by atoms with van der Waals surface area (Å²) in [5.74, 6) is 0.510. The number of esters is 2. The predicted molar refractivity (Wildman–Crippen MR) is 181 cm³/mol. The van der Waals surface area contributed by atoms with Crippen molar-refractivity contribution in [3.05, 3.63) is 85.8 Å². The fourth-order valence-electron chi connectivity index (χ4n) is 7.18. The van der Waals surface area contributed by atoms with Gasteiger partial charge in [0.2, 0.25) is 0 Å². The Hall–Kier alpha value is -3.48. The Morgan fingerprint density at radius 3 is 1.89 bits per heavy atom. The van der Waals surface area contributed by atoms with Crippen LogP contribution in [-0.2, 0) is 20.8 Å². The first-order valence-electron chi connectivity index (χ1n) is 16.4. The molecule has 0 radical (unpaired) electrons. The molecule has 7 nitrogen and oxygen atoms in total. The van der Waals surface area contributed by atoms with Crippen LogP contribution in [0, 0.1) is 34.5 Å². The zero-order chi connectivity index (χ0) is 33.4. The molecule has 2 aliphatic rings. The average molecular weight is 618 g/mol. The number of unbranched alkanes of at least 4 members (excludes halogenated alkanes) is 1. The summed E-state index contributed by atoms with van der Waals surface area (Å²) >= 11 is 0. The summed E-state index contributed by atoms with van der Waals surface area (Å²) in [5.41, 5.74) is 4.44. The van der Waals surface area contributed by atoms with Gasteiger partial charge in [-0.3, -0.25) is 9.48 Å². The topological polar surface area (TPSA) is 83.3 Å². The maximum absolute atomic E-state index is 12.6. The zero-order valence-electron chi connectivity index (χ0n) is 28.2. The van der Waals surface area contributed by atoms with E-state index in [0.29, 0.717) is 43.6 Å². The number of allylic oxidation sites excluding steroid dienone is 4. The largest absolute Gasteiger partial charge is 0.461 e. The third kappa shape index (κ3) is 9.27. The van der Waals surface area contributed by atoms with E-state index in [0.717, 1.165) is 60.8 Å². The van der Waals surface area contributed by atoms with E-state index in [2.05, 4.69) is 89.6 Å². The van der Waals surface area contributed by atoms with Crippen LogP contribution in [0.4, 0.5) is 0 Å². The molecule has 45 heavy (non-hydrogen) atoms. The van der Waals surface area contributed by atoms with E-state index >= 15 is 0 Å². The molecule has 0 amide bonds. The van der Waals surface area contributed by atoms with E-state index in [9.17, 15) is 9.59 Å². The van der Waals surface area contributed by atoms with Gasteiger partial charge in [-0.25, -0.2) is 4.79 Å². The molecule has 0 bridgehead atoms. The summed E-state index contributed by atoms with van der Waals surface area (Å²) in [7, 11) is 0. The van der Waals surface area contributed by atoms with Gasteiger partial charge in [-0.2, -0.15) is 0 Å². The molecule has 0 unspecified atom stereocenters. The standard InChI is InChI=1S/C38H55N3O4/c1-11-37(9)18-16-30(21-32(37)26(3)4)28(7)24-44-35(42)15-13-14-20-41-23-34(39-40-41)36(43)45-25-29(8)31-17-19-38(10,12-2)33(22-31)27(5)6/h11-12,23,30-33H,1-3,5,7-8,13-22,24-25H2,4,6,9-10H3/t30-,31-,32+,33+,37-,38-/m1/s1. The Morgan fingerprint density at radius 1 is 0.889 bits per heavy atom. The highest BCUT2D eigenvalue weighted by Crippen LogP contribution is 2.49. The Morgan fingerprint density at radius 2 is 1.40 bits per heavy atom. The van der Waals surface area contributed by atoms with Crippen molar-refractivity contribution in [2.24, 2.45) is 34.5 Å². The molecule has 2 fully saturated rings. The van der Waals surface area contributed by atoms with E-state index in [1.807, 2.05) is 0 Å². The summed E-state index contributed by atoms with van der Waals surface area (Å²) in [4.78, 5) is 25.0. The van der Waals surface area contributed by atoms with Gasteiger partial charge in [0.05, 0.1) is 6.20 Å². The lowest BCUT2D eigenvalue weighted by atomic mass is 9.61. The minimum atomic E-state index is -0.518. The van der Waals surface area contributed by atoms with Gasteiger partial charge < -0.3 is 9.47 Å². The summed E-state index contributed by atoms with van der Waals surface area (Å²) in [6.45, 7) is 34.5. The van der Waals surface area contributed by atoms with Crippen LogP contribution in [0.5, 0.6) is 0 Å². The average Bonchev–Trinajstić information content (AvgIpc) is 3.49. The minimum Gasteiger partial charge on any atom is -0.461 e. The van der Waals surface area contributed by atoms with Gasteiger partial charge in [-0.05, 0) is 111 Å². The first-order valence-corrected chi connectivity index (χ1v) is 16.4. The fraction of sp³-hybridized carbons (Fsp3) is 0.579. The Labute approximate surface area is 271 Å². The lowest BCUT2D eigenvalue weighted by Gasteiger charge is -2.43. The molecule has 7 heteroatoms. The number of carbonyl (C=O) groups is 2. The van der Waals surface area contributed by atoms with Crippen LogP contribution in [0.25, 0.3) is 0 Å². The van der Waals surface area contributed by atoms with E-state index in [4.69, 9.17) is 9.47 Å². The zero-order valence-corrected chi connectivity index (χ0v) is 28.2. The molecule has 0 aliphatic heterocycles. The molecule has 2 saturated carbocycles. The van der Waals surface area contributed by atoms with Gasteiger partial charge in [-0.15, -0.1) is 18.3 Å². The van der Waals surface area contributed by atoms with Gasteiger partial charge in [0.15, 0.2) is 5.69 Å². The van der Waals surface area contributed by atoms with Crippen LogP contribution < -0.4 is 0 Å². The van der Waals surface area contributed by atoms with Crippen molar-refractivity contribution in [3.63, 3.8) is 0 Å². The highest BCUT2D eigenvalue weighted by molar-refractivity contribution is 5.86.